The van der Waals surface area contributed by atoms with Crippen molar-refractivity contribution < 1.29 is 9.18 Å². The third-order valence-electron chi connectivity index (χ3n) is 4.88. The first kappa shape index (κ1) is 18.2. The van der Waals surface area contributed by atoms with Crippen LogP contribution in [-0.2, 0) is 6.54 Å². The van der Waals surface area contributed by atoms with E-state index >= 15 is 0 Å². The Morgan fingerprint density at radius 1 is 1.18 bits per heavy atom. The molecule has 6 nitrogen and oxygen atoms in total. The van der Waals surface area contributed by atoms with Crippen molar-refractivity contribution in [2.24, 2.45) is 0 Å². The highest BCUT2D eigenvalue weighted by molar-refractivity contribution is 6.04. The maximum Gasteiger partial charge on any atom is 0.276 e. The summed E-state index contributed by atoms with van der Waals surface area (Å²) in [4.78, 5) is 28.2. The summed E-state index contributed by atoms with van der Waals surface area (Å²) >= 11 is 0. The summed E-state index contributed by atoms with van der Waals surface area (Å²) in [6.45, 7) is 3.39. The number of aromatic amines is 1. The SMILES string of the molecule is CCN(c1ccc(CN(C(=O)c2cnc[nH]2)c2ccc(F)cc2)cn1)C1CC1. The van der Waals surface area contributed by atoms with Gasteiger partial charge in [-0.15, -0.1) is 0 Å². The molecule has 7 heteroatoms. The quantitative estimate of drug-likeness (QED) is 0.679. The summed E-state index contributed by atoms with van der Waals surface area (Å²) < 4.78 is 13.3. The molecule has 1 aliphatic carbocycles. The van der Waals surface area contributed by atoms with E-state index in [4.69, 9.17) is 0 Å². The van der Waals surface area contributed by atoms with Crippen LogP contribution in [0.2, 0.25) is 0 Å². The van der Waals surface area contributed by atoms with Crippen molar-refractivity contribution in [1.82, 2.24) is 15.0 Å². The predicted molar refractivity (Wildman–Crippen MR) is 106 cm³/mol. The lowest BCUT2D eigenvalue weighted by molar-refractivity contribution is 0.0981. The van der Waals surface area contributed by atoms with E-state index in [-0.39, 0.29) is 11.7 Å². The maximum absolute atomic E-state index is 13.3. The molecular weight excluding hydrogens is 357 g/mol. The molecule has 0 bridgehead atoms. The summed E-state index contributed by atoms with van der Waals surface area (Å²) in [7, 11) is 0. The van der Waals surface area contributed by atoms with Crippen molar-refractivity contribution in [1.29, 1.82) is 0 Å². The number of nitrogens with one attached hydrogen (secondary N) is 1. The van der Waals surface area contributed by atoms with Crippen LogP contribution in [0.3, 0.4) is 0 Å². The van der Waals surface area contributed by atoms with Crippen molar-refractivity contribution >= 4 is 17.4 Å². The van der Waals surface area contributed by atoms with Gasteiger partial charge in [-0.05, 0) is 55.7 Å². The standard InChI is InChI=1S/C21H22FN5O/c1-2-26(17-8-9-17)20-10-3-15(11-24-20)13-27(18-6-4-16(22)5-7-18)21(28)19-12-23-14-25-19/h3-7,10-12,14,17H,2,8-9,13H2,1H3,(H,23,25). The van der Waals surface area contributed by atoms with Crippen LogP contribution in [0.4, 0.5) is 15.9 Å². The van der Waals surface area contributed by atoms with Crippen LogP contribution in [0.15, 0.2) is 55.1 Å². The lowest BCUT2D eigenvalue weighted by Crippen LogP contribution is -2.31. The molecule has 0 saturated heterocycles. The van der Waals surface area contributed by atoms with Crippen LogP contribution in [-0.4, -0.2) is 33.4 Å². The summed E-state index contributed by atoms with van der Waals surface area (Å²) in [6.07, 6.45) is 7.18. The Kier molecular flexibility index (Phi) is 5.06. The highest BCUT2D eigenvalue weighted by Crippen LogP contribution is 2.30. The molecule has 1 N–H and O–H groups in total. The predicted octanol–water partition coefficient (Wildman–Crippen LogP) is 3.78. The van der Waals surface area contributed by atoms with Gasteiger partial charge < -0.3 is 14.8 Å². The first-order valence-corrected chi connectivity index (χ1v) is 9.43. The van der Waals surface area contributed by atoms with E-state index in [1.54, 1.807) is 23.2 Å². The second-order valence-corrected chi connectivity index (χ2v) is 6.87. The second kappa shape index (κ2) is 7.80. The molecule has 3 aromatic rings. The summed E-state index contributed by atoms with van der Waals surface area (Å²) in [5.41, 5.74) is 1.88. The topological polar surface area (TPSA) is 65.1 Å². The van der Waals surface area contributed by atoms with E-state index < -0.39 is 0 Å². The third kappa shape index (κ3) is 3.88. The van der Waals surface area contributed by atoms with Gasteiger partial charge in [0.15, 0.2) is 0 Å². The molecule has 1 aromatic carbocycles. The van der Waals surface area contributed by atoms with Gasteiger partial charge >= 0.3 is 0 Å². The van der Waals surface area contributed by atoms with Crippen LogP contribution in [0.1, 0.15) is 35.8 Å². The number of rotatable bonds is 7. The van der Waals surface area contributed by atoms with Gasteiger partial charge in [-0.25, -0.2) is 14.4 Å². The molecule has 0 spiro atoms. The summed E-state index contributed by atoms with van der Waals surface area (Å²) in [5, 5.41) is 0. The minimum Gasteiger partial charge on any atom is -0.354 e. The largest absolute Gasteiger partial charge is 0.354 e. The number of hydrogen-bond acceptors (Lipinski definition) is 4. The molecule has 1 aliphatic rings. The average Bonchev–Trinajstić information content (AvgIpc) is 3.40. The molecule has 2 aromatic heterocycles. The van der Waals surface area contributed by atoms with Gasteiger partial charge in [0.05, 0.1) is 19.1 Å². The Balaban J connectivity index is 1.58. The van der Waals surface area contributed by atoms with E-state index in [1.165, 1.54) is 37.5 Å². The van der Waals surface area contributed by atoms with Gasteiger partial charge in [-0.2, -0.15) is 0 Å². The number of nitrogens with zero attached hydrogens (tertiary/aromatic N) is 4. The van der Waals surface area contributed by atoms with Crippen molar-refractivity contribution in [3.05, 3.63) is 72.2 Å². The smallest absolute Gasteiger partial charge is 0.276 e. The van der Waals surface area contributed by atoms with Crippen molar-refractivity contribution in [2.45, 2.75) is 32.4 Å². The number of amides is 1. The van der Waals surface area contributed by atoms with Gasteiger partial charge in [0, 0.05) is 24.5 Å². The van der Waals surface area contributed by atoms with Crippen LogP contribution < -0.4 is 9.80 Å². The molecular formula is C21H22FN5O. The minimum absolute atomic E-state index is 0.235. The molecule has 2 heterocycles. The number of hydrogen-bond donors (Lipinski definition) is 1. The fraction of sp³-hybridized carbons (Fsp3) is 0.286. The number of imidazole rings is 1. The number of benzene rings is 1. The van der Waals surface area contributed by atoms with Crippen molar-refractivity contribution in [3.63, 3.8) is 0 Å². The Labute approximate surface area is 163 Å². The molecule has 0 unspecified atom stereocenters. The van der Waals surface area contributed by atoms with Gasteiger partial charge in [-0.1, -0.05) is 6.07 Å². The van der Waals surface area contributed by atoms with Crippen LogP contribution in [0, 0.1) is 5.82 Å². The first-order chi connectivity index (χ1) is 13.7. The van der Waals surface area contributed by atoms with Gasteiger partial charge in [0.2, 0.25) is 0 Å². The molecule has 144 valence electrons. The number of carbonyl (C=O) groups is 1. The zero-order chi connectivity index (χ0) is 19.5. The fourth-order valence-corrected chi connectivity index (χ4v) is 3.28. The van der Waals surface area contributed by atoms with Crippen LogP contribution in [0.25, 0.3) is 0 Å². The molecule has 0 atom stereocenters. The first-order valence-electron chi connectivity index (χ1n) is 9.43. The minimum atomic E-state index is -0.344. The monoisotopic (exact) mass is 379 g/mol. The zero-order valence-corrected chi connectivity index (χ0v) is 15.7. The van der Waals surface area contributed by atoms with Gasteiger partial charge in [0.1, 0.15) is 17.3 Å². The number of H-pyrrole nitrogens is 1. The summed E-state index contributed by atoms with van der Waals surface area (Å²) in [6, 6.07) is 10.5. The highest BCUT2D eigenvalue weighted by atomic mass is 19.1. The Morgan fingerprint density at radius 3 is 2.54 bits per heavy atom. The summed E-state index contributed by atoms with van der Waals surface area (Å²) in [5.74, 6) is 0.381. The zero-order valence-electron chi connectivity index (χ0n) is 15.7. The molecule has 0 radical (unpaired) electrons. The number of halogens is 1. The van der Waals surface area contributed by atoms with E-state index in [0.717, 1.165) is 17.9 Å². The Hall–Kier alpha value is -3.22. The van der Waals surface area contributed by atoms with Crippen LogP contribution >= 0.6 is 0 Å². The molecule has 28 heavy (non-hydrogen) atoms. The number of carbonyl (C=O) groups excluding carboxylic acids is 1. The third-order valence-corrected chi connectivity index (χ3v) is 4.88. The van der Waals surface area contributed by atoms with E-state index in [1.807, 2.05) is 12.1 Å². The van der Waals surface area contributed by atoms with Crippen LogP contribution in [0.5, 0.6) is 0 Å². The molecule has 1 saturated carbocycles. The van der Waals surface area contributed by atoms with E-state index in [2.05, 4.69) is 26.8 Å². The number of pyridine rings is 1. The molecule has 1 amide bonds. The van der Waals surface area contributed by atoms with E-state index in [0.29, 0.717) is 24.0 Å². The lowest BCUT2D eigenvalue weighted by atomic mass is 10.2. The second-order valence-electron chi connectivity index (χ2n) is 6.87. The number of aromatic nitrogens is 3. The van der Waals surface area contributed by atoms with Crippen molar-refractivity contribution in [3.8, 4) is 0 Å². The number of anilines is 2. The fourth-order valence-electron chi connectivity index (χ4n) is 3.28. The van der Waals surface area contributed by atoms with E-state index in [9.17, 15) is 9.18 Å². The van der Waals surface area contributed by atoms with Gasteiger partial charge in [0.25, 0.3) is 5.91 Å². The molecule has 4 rings (SSSR count). The lowest BCUT2D eigenvalue weighted by Gasteiger charge is -2.24. The Bertz CT molecular complexity index is 920. The van der Waals surface area contributed by atoms with Crippen molar-refractivity contribution in [2.75, 3.05) is 16.3 Å². The Morgan fingerprint density at radius 2 is 1.96 bits per heavy atom. The van der Waals surface area contributed by atoms with Gasteiger partial charge in [-0.3, -0.25) is 4.79 Å². The maximum atomic E-state index is 13.3. The molecule has 1 fully saturated rings. The molecule has 0 aliphatic heterocycles. The average molecular weight is 379 g/mol. The normalized spacial score (nSPS) is 13.4. The highest BCUT2D eigenvalue weighted by Gasteiger charge is 2.28.